The lowest BCUT2D eigenvalue weighted by Gasteiger charge is -2.37. The number of unbranched alkanes of at least 4 members (excludes halogenated alkanes) is 2. The van der Waals surface area contributed by atoms with Crippen LogP contribution in [0.1, 0.15) is 76.2 Å². The van der Waals surface area contributed by atoms with Crippen molar-refractivity contribution in [3.8, 4) is 11.5 Å². The van der Waals surface area contributed by atoms with Crippen LogP contribution in [0.25, 0.3) is 10.9 Å². The number of methoxy groups -OCH3 is 1. The lowest BCUT2D eigenvalue weighted by Crippen LogP contribution is -2.51. The maximum absolute atomic E-state index is 13.8. The molecular weight excluding hydrogens is 458 g/mol. The van der Waals surface area contributed by atoms with Gasteiger partial charge in [-0.05, 0) is 51.8 Å². The van der Waals surface area contributed by atoms with Gasteiger partial charge < -0.3 is 24.4 Å². The highest BCUT2D eigenvalue weighted by Crippen LogP contribution is 2.33. The van der Waals surface area contributed by atoms with Crippen LogP contribution in [0, 0.1) is 0 Å². The first-order valence-corrected chi connectivity index (χ1v) is 13.3. The van der Waals surface area contributed by atoms with E-state index in [-0.39, 0.29) is 29.7 Å². The van der Waals surface area contributed by atoms with Gasteiger partial charge in [-0.15, -0.1) is 0 Å². The molecular formula is C28H41N3O5. The first-order chi connectivity index (χ1) is 17.5. The Morgan fingerprint density at radius 2 is 2.00 bits per heavy atom. The van der Waals surface area contributed by atoms with E-state index >= 15 is 0 Å². The maximum Gasteiger partial charge on any atom is 0.311 e. The number of fused-ring (bicyclic) bond motifs is 1. The molecule has 0 bridgehead atoms. The molecule has 0 spiro atoms. The van der Waals surface area contributed by atoms with Crippen molar-refractivity contribution in [2.24, 2.45) is 0 Å². The molecule has 1 atom stereocenters. The number of aromatic nitrogens is 1. The van der Waals surface area contributed by atoms with Crippen molar-refractivity contribution in [2.75, 3.05) is 33.4 Å². The fourth-order valence-electron chi connectivity index (χ4n) is 4.61. The summed E-state index contributed by atoms with van der Waals surface area (Å²) in [6.45, 7) is 8.89. The van der Waals surface area contributed by atoms with E-state index in [2.05, 4.69) is 12.2 Å². The second kappa shape index (κ2) is 14.1. The van der Waals surface area contributed by atoms with Gasteiger partial charge in [-0.3, -0.25) is 9.59 Å². The molecule has 1 aliphatic heterocycles. The van der Waals surface area contributed by atoms with E-state index in [1.807, 2.05) is 30.9 Å². The molecule has 1 fully saturated rings. The summed E-state index contributed by atoms with van der Waals surface area (Å²) in [4.78, 5) is 33.0. The largest absolute Gasteiger partial charge is 0.493 e. The van der Waals surface area contributed by atoms with Gasteiger partial charge in [0.2, 0.25) is 0 Å². The van der Waals surface area contributed by atoms with Crippen LogP contribution in [-0.4, -0.2) is 67.3 Å². The summed E-state index contributed by atoms with van der Waals surface area (Å²) < 4.78 is 17.0. The number of amides is 1. The first-order valence-electron chi connectivity index (χ1n) is 13.3. The van der Waals surface area contributed by atoms with E-state index in [0.29, 0.717) is 48.5 Å². The third kappa shape index (κ3) is 7.40. The minimum atomic E-state index is -0.297. The molecule has 3 rings (SSSR count). The molecule has 1 aromatic carbocycles. The van der Waals surface area contributed by atoms with Crippen LogP contribution < -0.4 is 14.8 Å². The summed E-state index contributed by atoms with van der Waals surface area (Å²) in [6, 6.07) is 7.24. The number of ether oxygens (including phenoxy) is 3. The highest BCUT2D eigenvalue weighted by atomic mass is 16.5. The van der Waals surface area contributed by atoms with Crippen LogP contribution in [0.15, 0.2) is 24.3 Å². The van der Waals surface area contributed by atoms with E-state index in [1.165, 1.54) is 0 Å². The Labute approximate surface area is 214 Å². The Morgan fingerprint density at radius 3 is 2.69 bits per heavy atom. The van der Waals surface area contributed by atoms with Crippen LogP contribution in [0.2, 0.25) is 0 Å². The fraction of sp³-hybridized carbons (Fsp3) is 0.607. The molecule has 1 saturated heterocycles. The molecule has 0 aliphatic carbocycles. The Kier molecular flexibility index (Phi) is 10.9. The van der Waals surface area contributed by atoms with Gasteiger partial charge in [0.25, 0.3) is 5.91 Å². The zero-order valence-electron chi connectivity index (χ0n) is 22.2. The van der Waals surface area contributed by atoms with Gasteiger partial charge in [0.15, 0.2) is 5.75 Å². The van der Waals surface area contributed by atoms with Crippen LogP contribution in [0.5, 0.6) is 11.5 Å². The average Bonchev–Trinajstić information content (AvgIpc) is 2.87. The molecule has 36 heavy (non-hydrogen) atoms. The van der Waals surface area contributed by atoms with Gasteiger partial charge in [-0.2, -0.15) is 0 Å². The van der Waals surface area contributed by atoms with E-state index in [4.69, 9.17) is 19.2 Å². The van der Waals surface area contributed by atoms with Gasteiger partial charge in [-0.25, -0.2) is 4.98 Å². The Balaban J connectivity index is 1.98. The SMILES string of the molecule is CCCCCC(=O)Oc1cccc2c(OCCCOC)cc(C(=O)N(C(C)C)[C@@H]3CCCNC3)nc12. The van der Waals surface area contributed by atoms with Gasteiger partial charge in [0, 0.05) is 56.6 Å². The molecule has 2 heterocycles. The smallest absolute Gasteiger partial charge is 0.311 e. The van der Waals surface area contributed by atoms with Crippen LogP contribution in [-0.2, 0) is 9.53 Å². The lowest BCUT2D eigenvalue weighted by molar-refractivity contribution is -0.134. The second-order valence-corrected chi connectivity index (χ2v) is 9.59. The number of para-hydroxylation sites is 1. The standard InChI is InChI=1S/C28H41N3O5/c1-5-6-7-14-26(32)36-24-13-8-12-22-25(35-17-10-16-34-4)18-23(30-27(22)24)28(33)31(20(2)3)21-11-9-15-29-19-21/h8,12-13,18,20-21,29H,5-7,9-11,14-17,19H2,1-4H3/t21-/m1/s1. The Bertz CT molecular complexity index is 1000. The first kappa shape index (κ1) is 27.9. The van der Waals surface area contributed by atoms with Gasteiger partial charge in [0.1, 0.15) is 17.0 Å². The van der Waals surface area contributed by atoms with Crippen LogP contribution in [0.3, 0.4) is 0 Å². The fourth-order valence-corrected chi connectivity index (χ4v) is 4.61. The van der Waals surface area contributed by atoms with Gasteiger partial charge in [0.05, 0.1) is 6.61 Å². The minimum Gasteiger partial charge on any atom is -0.493 e. The van der Waals surface area contributed by atoms with Crippen molar-refractivity contribution >= 4 is 22.8 Å². The number of pyridine rings is 1. The van der Waals surface area contributed by atoms with E-state index in [9.17, 15) is 9.59 Å². The summed E-state index contributed by atoms with van der Waals surface area (Å²) in [5.74, 6) is 0.454. The van der Waals surface area contributed by atoms with Crippen molar-refractivity contribution in [1.29, 1.82) is 0 Å². The molecule has 0 saturated carbocycles. The number of nitrogens with zero attached hydrogens (tertiary/aromatic N) is 2. The molecule has 1 aromatic heterocycles. The predicted molar refractivity (Wildman–Crippen MR) is 141 cm³/mol. The summed E-state index contributed by atoms with van der Waals surface area (Å²) >= 11 is 0. The van der Waals surface area contributed by atoms with E-state index < -0.39 is 0 Å². The van der Waals surface area contributed by atoms with Gasteiger partial charge >= 0.3 is 5.97 Å². The van der Waals surface area contributed by atoms with Crippen LogP contribution >= 0.6 is 0 Å². The molecule has 1 amide bonds. The number of esters is 1. The van der Waals surface area contributed by atoms with Crippen molar-refractivity contribution in [1.82, 2.24) is 15.2 Å². The summed E-state index contributed by atoms with van der Waals surface area (Å²) in [7, 11) is 1.65. The number of nitrogens with one attached hydrogen (secondary N) is 1. The van der Waals surface area contributed by atoms with E-state index in [1.54, 1.807) is 19.2 Å². The maximum atomic E-state index is 13.8. The molecule has 8 nitrogen and oxygen atoms in total. The second-order valence-electron chi connectivity index (χ2n) is 9.59. The summed E-state index contributed by atoms with van der Waals surface area (Å²) in [5.41, 5.74) is 0.748. The molecule has 8 heteroatoms. The highest BCUT2D eigenvalue weighted by Gasteiger charge is 2.30. The monoisotopic (exact) mass is 499 g/mol. The highest BCUT2D eigenvalue weighted by molar-refractivity contribution is 5.99. The van der Waals surface area contributed by atoms with E-state index in [0.717, 1.165) is 45.2 Å². The average molecular weight is 500 g/mol. The predicted octanol–water partition coefficient (Wildman–Crippen LogP) is 4.74. The molecule has 0 unspecified atom stereocenters. The molecule has 0 radical (unpaired) electrons. The number of piperidine rings is 1. The van der Waals surface area contributed by atoms with Crippen molar-refractivity contribution in [3.63, 3.8) is 0 Å². The zero-order chi connectivity index (χ0) is 25.9. The molecule has 2 aromatic rings. The number of hydrogen-bond acceptors (Lipinski definition) is 7. The summed E-state index contributed by atoms with van der Waals surface area (Å²) in [6.07, 6.45) is 5.82. The van der Waals surface area contributed by atoms with Crippen molar-refractivity contribution in [2.45, 2.75) is 77.8 Å². The minimum absolute atomic E-state index is 0.0117. The molecule has 198 valence electrons. The van der Waals surface area contributed by atoms with Crippen molar-refractivity contribution < 1.29 is 23.8 Å². The normalized spacial score (nSPS) is 15.8. The Morgan fingerprint density at radius 1 is 1.17 bits per heavy atom. The summed E-state index contributed by atoms with van der Waals surface area (Å²) in [5, 5.41) is 4.11. The van der Waals surface area contributed by atoms with Gasteiger partial charge in [-0.1, -0.05) is 25.8 Å². The number of benzene rings is 1. The van der Waals surface area contributed by atoms with Crippen LogP contribution in [0.4, 0.5) is 0 Å². The number of carbonyl (C=O) groups excluding carboxylic acids is 2. The zero-order valence-corrected chi connectivity index (χ0v) is 22.2. The number of carbonyl (C=O) groups is 2. The topological polar surface area (TPSA) is 90.0 Å². The lowest BCUT2D eigenvalue weighted by atomic mass is 10.0. The molecule has 1 N–H and O–H groups in total. The number of hydrogen-bond donors (Lipinski definition) is 1. The van der Waals surface area contributed by atoms with Crippen molar-refractivity contribution in [3.05, 3.63) is 30.0 Å². The number of rotatable bonds is 13. The quantitative estimate of drug-likeness (QED) is 0.242. The molecule has 1 aliphatic rings. The third-order valence-electron chi connectivity index (χ3n) is 6.40. The third-order valence-corrected chi connectivity index (χ3v) is 6.40. The Hall–Kier alpha value is -2.71.